The fraction of sp³-hybridized carbons (Fsp3) is 0. The van der Waals surface area contributed by atoms with Crippen molar-refractivity contribution >= 4 is 107 Å². The molecule has 7 aromatic carbocycles. The van der Waals surface area contributed by atoms with Gasteiger partial charge in [-0.2, -0.15) is 10.5 Å². The Bertz CT molecular complexity index is 3360. The number of rotatable bonds is 2. The lowest BCUT2D eigenvalue weighted by Crippen LogP contribution is -1.94. The summed E-state index contributed by atoms with van der Waals surface area (Å²) in [5.41, 5.74) is 7.92. The zero-order chi connectivity index (χ0) is 33.1. The van der Waals surface area contributed by atoms with Crippen molar-refractivity contribution in [3.63, 3.8) is 0 Å². The molecule has 0 spiro atoms. The van der Waals surface area contributed by atoms with E-state index in [0.29, 0.717) is 11.1 Å². The topological polar surface area (TPSA) is 57.4 Å². The van der Waals surface area contributed by atoms with E-state index >= 15 is 0 Å². The molecule has 4 heterocycles. The molecule has 4 aromatic heterocycles. The third kappa shape index (κ3) is 3.72. The lowest BCUT2D eigenvalue weighted by molar-refractivity contribution is 1.18. The number of hydrogen-bond acceptors (Lipinski definition) is 4. The van der Waals surface area contributed by atoms with E-state index in [-0.39, 0.29) is 0 Å². The summed E-state index contributed by atoms with van der Waals surface area (Å²) in [6.07, 6.45) is 0. The molecular weight excluding hydrogens is 649 g/mol. The molecule has 0 unspecified atom stereocenters. The fourth-order valence-corrected chi connectivity index (χ4v) is 10.1. The highest BCUT2D eigenvalue weighted by Gasteiger charge is 2.18. The van der Waals surface area contributed by atoms with Gasteiger partial charge in [0.2, 0.25) is 0 Å². The first-order chi connectivity index (χ1) is 24.7. The molecule has 6 heteroatoms. The van der Waals surface area contributed by atoms with Crippen molar-refractivity contribution < 1.29 is 0 Å². The SMILES string of the molecule is N#Cc1ccc2c(c1)c1ccccc1n2-c1ccc2sc3ccc(-n4c5ccc(C#N)cc5c5cc6c(cc54)sc4ccccc46)cc3c2c1. The summed E-state index contributed by atoms with van der Waals surface area (Å²) in [6, 6.07) is 51.9. The minimum absolute atomic E-state index is 0.660. The molecule has 0 atom stereocenters. The van der Waals surface area contributed by atoms with Crippen LogP contribution in [0.1, 0.15) is 11.1 Å². The molecule has 4 nitrogen and oxygen atoms in total. The van der Waals surface area contributed by atoms with E-state index in [2.05, 4.69) is 130 Å². The quantitative estimate of drug-likeness (QED) is 0.184. The Balaban J connectivity index is 1.17. The van der Waals surface area contributed by atoms with Crippen LogP contribution < -0.4 is 0 Å². The molecule has 0 N–H and O–H groups in total. The van der Waals surface area contributed by atoms with Gasteiger partial charge in [0.05, 0.1) is 45.3 Å². The highest BCUT2D eigenvalue weighted by atomic mass is 32.1. The Labute approximate surface area is 293 Å². The standard InChI is InChI=1S/C44H22N4S2/c45-23-25-9-13-38-31(17-25)29-5-1-3-7-37(29)47(38)27-11-15-42-34(19-27)35-20-28(12-16-43(35)49-42)48-39-14-10-26(24-46)18-32(39)33-21-36-30-6-2-4-8-41(30)50-44(36)22-40(33)48/h1-22H. The Morgan fingerprint density at radius 2 is 0.860 bits per heavy atom. The minimum Gasteiger partial charge on any atom is -0.309 e. The highest BCUT2D eigenvalue weighted by molar-refractivity contribution is 7.26. The van der Waals surface area contributed by atoms with Gasteiger partial charge in [-0.1, -0.05) is 36.4 Å². The number of hydrogen-bond donors (Lipinski definition) is 0. The molecule has 0 saturated heterocycles. The predicted molar refractivity (Wildman–Crippen MR) is 210 cm³/mol. The maximum absolute atomic E-state index is 9.83. The maximum Gasteiger partial charge on any atom is 0.0991 e. The van der Waals surface area contributed by atoms with Crippen LogP contribution in [-0.2, 0) is 0 Å². The van der Waals surface area contributed by atoms with E-state index in [1.54, 1.807) is 0 Å². The molecule has 0 radical (unpaired) electrons. The zero-order valence-electron chi connectivity index (χ0n) is 26.3. The van der Waals surface area contributed by atoms with E-state index in [4.69, 9.17) is 0 Å². The van der Waals surface area contributed by atoms with E-state index in [0.717, 1.165) is 55.0 Å². The maximum atomic E-state index is 9.83. The van der Waals surface area contributed by atoms with Crippen molar-refractivity contribution in [3.05, 3.63) is 145 Å². The zero-order valence-corrected chi connectivity index (χ0v) is 27.9. The minimum atomic E-state index is 0.660. The Morgan fingerprint density at radius 3 is 1.54 bits per heavy atom. The van der Waals surface area contributed by atoms with Crippen LogP contribution in [0, 0.1) is 22.7 Å². The summed E-state index contributed by atoms with van der Waals surface area (Å²) in [4.78, 5) is 0. The van der Waals surface area contributed by atoms with Crippen molar-refractivity contribution in [2.45, 2.75) is 0 Å². The second-order valence-electron chi connectivity index (χ2n) is 12.8. The lowest BCUT2D eigenvalue weighted by atomic mass is 10.1. The Morgan fingerprint density at radius 1 is 0.360 bits per heavy atom. The van der Waals surface area contributed by atoms with Crippen molar-refractivity contribution in [3.8, 4) is 23.5 Å². The van der Waals surface area contributed by atoms with Crippen molar-refractivity contribution in [2.75, 3.05) is 0 Å². The number of thiophene rings is 2. The summed E-state index contributed by atoms with van der Waals surface area (Å²) < 4.78 is 9.68. The van der Waals surface area contributed by atoms with Crippen LogP contribution in [0.4, 0.5) is 0 Å². The second-order valence-corrected chi connectivity index (χ2v) is 15.0. The summed E-state index contributed by atoms with van der Waals surface area (Å²) >= 11 is 3.64. The Hall–Kier alpha value is -6.44. The van der Waals surface area contributed by atoms with Gasteiger partial charge in [0.15, 0.2) is 0 Å². The van der Waals surface area contributed by atoms with Crippen LogP contribution in [0.3, 0.4) is 0 Å². The number of benzene rings is 7. The molecule has 0 aliphatic carbocycles. The molecular formula is C44H22N4S2. The smallest absolute Gasteiger partial charge is 0.0991 e. The van der Waals surface area contributed by atoms with Gasteiger partial charge in [-0.15, -0.1) is 22.7 Å². The number of fused-ring (bicyclic) bond motifs is 12. The van der Waals surface area contributed by atoms with Crippen LogP contribution in [0.5, 0.6) is 0 Å². The van der Waals surface area contributed by atoms with Gasteiger partial charge < -0.3 is 9.13 Å². The average molecular weight is 671 g/mol. The number of nitrogens with zero attached hydrogens (tertiary/aromatic N) is 4. The van der Waals surface area contributed by atoms with E-state index < -0.39 is 0 Å². The fourth-order valence-electron chi connectivity index (χ4n) is 7.94. The third-order valence-corrected chi connectivity index (χ3v) is 12.4. The molecule has 0 bridgehead atoms. The summed E-state index contributed by atoms with van der Waals surface area (Å²) in [6.45, 7) is 0. The molecule has 230 valence electrons. The van der Waals surface area contributed by atoms with Gasteiger partial charge in [-0.05, 0) is 97.1 Å². The molecule has 11 rings (SSSR count). The van der Waals surface area contributed by atoms with Crippen LogP contribution in [-0.4, -0.2) is 9.13 Å². The summed E-state index contributed by atoms with van der Waals surface area (Å²) in [5, 5.41) is 28.8. The first kappa shape index (κ1) is 27.5. The first-order valence-corrected chi connectivity index (χ1v) is 18.0. The van der Waals surface area contributed by atoms with Crippen molar-refractivity contribution in [1.29, 1.82) is 10.5 Å². The van der Waals surface area contributed by atoms with Crippen molar-refractivity contribution in [1.82, 2.24) is 9.13 Å². The lowest BCUT2D eigenvalue weighted by Gasteiger charge is -2.10. The average Bonchev–Trinajstić information content (AvgIpc) is 3.90. The monoisotopic (exact) mass is 670 g/mol. The Kier molecular flexibility index (Phi) is 5.52. The van der Waals surface area contributed by atoms with Crippen LogP contribution in [0.2, 0.25) is 0 Å². The molecule has 50 heavy (non-hydrogen) atoms. The largest absolute Gasteiger partial charge is 0.309 e. The van der Waals surface area contributed by atoms with Crippen molar-refractivity contribution in [2.24, 2.45) is 0 Å². The van der Waals surface area contributed by atoms with Gasteiger partial charge in [0, 0.05) is 73.3 Å². The second kappa shape index (κ2) is 10.0. The van der Waals surface area contributed by atoms with Gasteiger partial charge in [-0.25, -0.2) is 0 Å². The highest BCUT2D eigenvalue weighted by Crippen LogP contribution is 2.43. The molecule has 0 aliphatic rings. The van der Waals surface area contributed by atoms with Crippen LogP contribution in [0.25, 0.3) is 95.3 Å². The van der Waals surface area contributed by atoms with Gasteiger partial charge in [0.1, 0.15) is 0 Å². The molecule has 0 amide bonds. The van der Waals surface area contributed by atoms with Gasteiger partial charge in [-0.3, -0.25) is 0 Å². The first-order valence-electron chi connectivity index (χ1n) is 16.4. The molecule has 11 aromatic rings. The summed E-state index contributed by atoms with van der Waals surface area (Å²) in [5.74, 6) is 0. The molecule has 0 fully saturated rings. The predicted octanol–water partition coefficient (Wildman–Crippen LogP) is 12.4. The van der Waals surface area contributed by atoms with Gasteiger partial charge in [0.25, 0.3) is 0 Å². The van der Waals surface area contributed by atoms with E-state index in [1.165, 1.54) is 40.3 Å². The summed E-state index contributed by atoms with van der Waals surface area (Å²) in [7, 11) is 0. The van der Waals surface area contributed by atoms with Crippen LogP contribution in [0.15, 0.2) is 133 Å². The number of nitriles is 2. The molecule has 0 aliphatic heterocycles. The van der Waals surface area contributed by atoms with E-state index in [1.807, 2.05) is 46.9 Å². The van der Waals surface area contributed by atoms with E-state index in [9.17, 15) is 10.5 Å². The normalized spacial score (nSPS) is 12.0. The van der Waals surface area contributed by atoms with Gasteiger partial charge >= 0.3 is 0 Å². The third-order valence-electron chi connectivity index (χ3n) is 10.1. The van der Waals surface area contributed by atoms with Crippen LogP contribution >= 0.6 is 22.7 Å². The number of aromatic nitrogens is 2. The number of para-hydroxylation sites is 1. The molecule has 0 saturated carbocycles.